The number of hydrogen-bond donors (Lipinski definition) is 1. The average Bonchev–Trinajstić information content (AvgIpc) is 2.63. The molecule has 1 N–H and O–H groups in total. The monoisotopic (exact) mass is 298 g/mol. The molecule has 90 valence electrons. The van der Waals surface area contributed by atoms with Crippen LogP contribution in [0.4, 0.5) is 4.39 Å². The Morgan fingerprint density at radius 1 is 1.41 bits per heavy atom. The van der Waals surface area contributed by atoms with Gasteiger partial charge in [0.05, 0.1) is 10.7 Å². The van der Waals surface area contributed by atoms with E-state index in [1.165, 1.54) is 0 Å². The highest BCUT2D eigenvalue weighted by molar-refractivity contribution is 9.10. The van der Waals surface area contributed by atoms with E-state index < -0.39 is 11.9 Å². The van der Waals surface area contributed by atoms with Gasteiger partial charge >= 0.3 is 0 Å². The van der Waals surface area contributed by atoms with Crippen LogP contribution in [0.1, 0.15) is 22.9 Å². The highest BCUT2D eigenvalue weighted by atomic mass is 79.9. The van der Waals surface area contributed by atoms with Crippen molar-refractivity contribution in [2.45, 2.75) is 13.0 Å². The lowest BCUT2D eigenvalue weighted by atomic mass is 10.0. The summed E-state index contributed by atoms with van der Waals surface area (Å²) in [5.74, 6) is -0.441. The number of benzene rings is 1. The standard InChI is InChI=1S/C12H12BrFN2O/c1-7-9(6-15-16(7)2)12(17)8-4-3-5-10(13)11(8)14/h3-6,12,17H,1-2H3. The molecule has 2 aromatic rings. The van der Waals surface area contributed by atoms with Crippen molar-refractivity contribution < 1.29 is 9.50 Å². The molecule has 1 atom stereocenters. The number of hydrogen-bond acceptors (Lipinski definition) is 2. The lowest BCUT2D eigenvalue weighted by molar-refractivity contribution is 0.214. The predicted molar refractivity (Wildman–Crippen MR) is 66.1 cm³/mol. The first kappa shape index (κ1) is 12.3. The van der Waals surface area contributed by atoms with Crippen LogP contribution in [-0.4, -0.2) is 14.9 Å². The molecule has 0 aliphatic carbocycles. The summed E-state index contributed by atoms with van der Waals surface area (Å²) in [4.78, 5) is 0. The summed E-state index contributed by atoms with van der Waals surface area (Å²) in [5, 5.41) is 14.2. The molecule has 2 rings (SSSR count). The van der Waals surface area contributed by atoms with E-state index in [-0.39, 0.29) is 5.56 Å². The zero-order valence-corrected chi connectivity index (χ0v) is 11.1. The van der Waals surface area contributed by atoms with Crippen LogP contribution in [0.2, 0.25) is 0 Å². The van der Waals surface area contributed by atoms with Gasteiger partial charge in [-0.3, -0.25) is 4.68 Å². The summed E-state index contributed by atoms with van der Waals surface area (Å²) in [7, 11) is 1.78. The van der Waals surface area contributed by atoms with Crippen LogP contribution in [-0.2, 0) is 7.05 Å². The number of rotatable bonds is 2. The Labute approximate surface area is 107 Å². The van der Waals surface area contributed by atoms with Crippen LogP contribution in [0.15, 0.2) is 28.9 Å². The van der Waals surface area contributed by atoms with Crippen molar-refractivity contribution in [1.82, 2.24) is 9.78 Å². The van der Waals surface area contributed by atoms with Gasteiger partial charge in [0.2, 0.25) is 0 Å². The Hall–Kier alpha value is -1.20. The second-order valence-corrected chi connectivity index (χ2v) is 4.71. The van der Waals surface area contributed by atoms with Gasteiger partial charge in [0.25, 0.3) is 0 Å². The van der Waals surface area contributed by atoms with Crippen molar-refractivity contribution in [3.8, 4) is 0 Å². The SMILES string of the molecule is Cc1c(C(O)c2cccc(Br)c2F)cnn1C. The smallest absolute Gasteiger partial charge is 0.143 e. The van der Waals surface area contributed by atoms with Gasteiger partial charge in [-0.1, -0.05) is 12.1 Å². The Kier molecular flexibility index (Phi) is 3.31. The summed E-state index contributed by atoms with van der Waals surface area (Å²) < 4.78 is 15.8. The van der Waals surface area contributed by atoms with Crippen molar-refractivity contribution in [3.63, 3.8) is 0 Å². The van der Waals surface area contributed by atoms with Crippen molar-refractivity contribution in [1.29, 1.82) is 0 Å². The molecule has 0 bridgehead atoms. The number of aliphatic hydroxyl groups excluding tert-OH is 1. The van der Waals surface area contributed by atoms with E-state index in [0.717, 1.165) is 5.69 Å². The van der Waals surface area contributed by atoms with Crippen LogP contribution in [0.3, 0.4) is 0 Å². The second-order valence-electron chi connectivity index (χ2n) is 3.85. The molecule has 1 unspecified atom stereocenters. The van der Waals surface area contributed by atoms with Crippen LogP contribution >= 0.6 is 15.9 Å². The fraction of sp³-hybridized carbons (Fsp3) is 0.250. The molecule has 0 aliphatic rings. The van der Waals surface area contributed by atoms with Crippen molar-refractivity contribution in [3.05, 3.63) is 51.5 Å². The van der Waals surface area contributed by atoms with Gasteiger partial charge < -0.3 is 5.11 Å². The third-order valence-corrected chi connectivity index (χ3v) is 3.46. The van der Waals surface area contributed by atoms with Crippen LogP contribution in [0, 0.1) is 12.7 Å². The minimum atomic E-state index is -0.999. The van der Waals surface area contributed by atoms with Crippen molar-refractivity contribution in [2.75, 3.05) is 0 Å². The molecule has 0 amide bonds. The summed E-state index contributed by atoms with van der Waals surface area (Å²) in [5.41, 5.74) is 1.68. The summed E-state index contributed by atoms with van der Waals surface area (Å²) >= 11 is 3.10. The van der Waals surface area contributed by atoms with Gasteiger partial charge in [-0.2, -0.15) is 5.10 Å². The highest BCUT2D eigenvalue weighted by Gasteiger charge is 2.20. The number of nitrogens with zero attached hydrogens (tertiary/aromatic N) is 2. The molecule has 0 radical (unpaired) electrons. The first-order valence-corrected chi connectivity index (χ1v) is 5.92. The Bertz CT molecular complexity index is 553. The maximum atomic E-state index is 13.8. The van der Waals surface area contributed by atoms with Crippen LogP contribution in [0.5, 0.6) is 0 Å². The molecule has 5 heteroatoms. The molecular weight excluding hydrogens is 287 g/mol. The second kappa shape index (κ2) is 4.58. The molecule has 1 aromatic carbocycles. The Balaban J connectivity index is 2.47. The van der Waals surface area contributed by atoms with Crippen LogP contribution < -0.4 is 0 Å². The lowest BCUT2D eigenvalue weighted by Crippen LogP contribution is -2.04. The minimum Gasteiger partial charge on any atom is -0.383 e. The fourth-order valence-electron chi connectivity index (χ4n) is 1.68. The van der Waals surface area contributed by atoms with E-state index in [2.05, 4.69) is 21.0 Å². The van der Waals surface area contributed by atoms with Gasteiger partial charge in [0, 0.05) is 23.9 Å². The zero-order valence-electron chi connectivity index (χ0n) is 9.48. The predicted octanol–water partition coefficient (Wildman–Crippen LogP) is 2.71. The maximum Gasteiger partial charge on any atom is 0.143 e. The van der Waals surface area contributed by atoms with Gasteiger partial charge in [0.1, 0.15) is 11.9 Å². The van der Waals surface area contributed by atoms with Crippen molar-refractivity contribution in [2.24, 2.45) is 7.05 Å². The molecule has 3 nitrogen and oxygen atoms in total. The maximum absolute atomic E-state index is 13.8. The third kappa shape index (κ3) is 2.12. The number of halogens is 2. The van der Waals surface area contributed by atoms with E-state index in [9.17, 15) is 9.50 Å². The highest BCUT2D eigenvalue weighted by Crippen LogP contribution is 2.29. The topological polar surface area (TPSA) is 38.1 Å². The largest absolute Gasteiger partial charge is 0.383 e. The van der Waals surface area contributed by atoms with Gasteiger partial charge in [-0.05, 0) is 28.9 Å². The Morgan fingerprint density at radius 3 is 2.71 bits per heavy atom. The molecule has 0 saturated carbocycles. The molecule has 0 aliphatic heterocycles. The minimum absolute atomic E-state index is 0.246. The molecule has 1 heterocycles. The van der Waals surface area contributed by atoms with E-state index in [4.69, 9.17) is 0 Å². The molecular formula is C12H12BrFN2O. The van der Waals surface area contributed by atoms with Gasteiger partial charge in [0.15, 0.2) is 0 Å². The number of aliphatic hydroxyl groups is 1. The average molecular weight is 299 g/mol. The number of aromatic nitrogens is 2. The number of aryl methyl sites for hydroxylation is 1. The first-order chi connectivity index (χ1) is 8.02. The quantitative estimate of drug-likeness (QED) is 0.926. The van der Waals surface area contributed by atoms with E-state index in [1.807, 2.05) is 6.92 Å². The molecule has 0 fully saturated rings. The zero-order chi connectivity index (χ0) is 12.6. The molecule has 17 heavy (non-hydrogen) atoms. The summed E-state index contributed by atoms with van der Waals surface area (Å²) in [6, 6.07) is 4.86. The lowest BCUT2D eigenvalue weighted by Gasteiger charge is -2.12. The van der Waals surface area contributed by atoms with E-state index in [0.29, 0.717) is 10.0 Å². The molecule has 0 saturated heterocycles. The van der Waals surface area contributed by atoms with Gasteiger partial charge in [-0.25, -0.2) is 4.39 Å². The first-order valence-electron chi connectivity index (χ1n) is 5.13. The summed E-state index contributed by atoms with van der Waals surface area (Å²) in [6.07, 6.45) is 0.557. The van der Waals surface area contributed by atoms with Crippen molar-refractivity contribution >= 4 is 15.9 Å². The fourth-order valence-corrected chi connectivity index (χ4v) is 2.06. The molecule has 0 spiro atoms. The normalized spacial score (nSPS) is 12.8. The molecule has 1 aromatic heterocycles. The summed E-state index contributed by atoms with van der Waals surface area (Å²) in [6.45, 7) is 1.83. The van der Waals surface area contributed by atoms with E-state index >= 15 is 0 Å². The van der Waals surface area contributed by atoms with E-state index in [1.54, 1.807) is 36.1 Å². The Morgan fingerprint density at radius 2 is 2.12 bits per heavy atom. The van der Waals surface area contributed by atoms with Crippen LogP contribution in [0.25, 0.3) is 0 Å². The van der Waals surface area contributed by atoms with Gasteiger partial charge in [-0.15, -0.1) is 0 Å². The third-order valence-electron chi connectivity index (χ3n) is 2.84.